The Morgan fingerprint density at radius 1 is 1.22 bits per heavy atom. The van der Waals surface area contributed by atoms with Crippen LogP contribution in [0.2, 0.25) is 0 Å². The fraction of sp³-hybridized carbons (Fsp3) is 0.0667. The topological polar surface area (TPSA) is 54.0 Å². The molecular formula is C15H11NO2. The molecule has 3 nitrogen and oxygen atoms in total. The van der Waals surface area contributed by atoms with Gasteiger partial charge in [0, 0.05) is 0 Å². The number of carbonyl (C=O) groups is 1. The first-order chi connectivity index (χ1) is 8.69. The maximum absolute atomic E-state index is 11.7. The van der Waals surface area contributed by atoms with Crippen LogP contribution in [-0.2, 0) is 0 Å². The molecule has 1 aromatic carbocycles. The van der Waals surface area contributed by atoms with Crippen LogP contribution in [0.5, 0.6) is 0 Å². The number of benzene rings is 1. The molecule has 0 fully saturated rings. The van der Waals surface area contributed by atoms with E-state index in [1.54, 1.807) is 49.4 Å². The van der Waals surface area contributed by atoms with E-state index in [2.05, 4.69) is 0 Å². The summed E-state index contributed by atoms with van der Waals surface area (Å²) in [6.07, 6.45) is 3.15. The molecule has 0 saturated carbocycles. The lowest BCUT2D eigenvalue weighted by molar-refractivity contribution is 0.102. The van der Waals surface area contributed by atoms with Crippen LogP contribution < -0.4 is 0 Å². The summed E-state index contributed by atoms with van der Waals surface area (Å²) in [4.78, 5) is 11.7. The predicted molar refractivity (Wildman–Crippen MR) is 68.0 cm³/mol. The average molecular weight is 237 g/mol. The summed E-state index contributed by atoms with van der Waals surface area (Å²) >= 11 is 0. The Labute approximate surface area is 105 Å². The van der Waals surface area contributed by atoms with E-state index in [4.69, 9.17) is 9.68 Å². The summed E-state index contributed by atoms with van der Waals surface area (Å²) in [5.41, 5.74) is 1.46. The van der Waals surface area contributed by atoms with Gasteiger partial charge in [0.05, 0.1) is 11.6 Å². The van der Waals surface area contributed by atoms with Crippen molar-refractivity contribution >= 4 is 11.9 Å². The molecule has 0 atom stereocenters. The Morgan fingerprint density at radius 3 is 2.50 bits per heavy atom. The number of nitrogens with zero attached hydrogens (tertiary/aromatic N) is 1. The van der Waals surface area contributed by atoms with Crippen molar-refractivity contribution in [3.63, 3.8) is 0 Å². The summed E-state index contributed by atoms with van der Waals surface area (Å²) in [6, 6.07) is 12.4. The molecular weight excluding hydrogens is 226 g/mol. The van der Waals surface area contributed by atoms with E-state index in [9.17, 15) is 4.79 Å². The van der Waals surface area contributed by atoms with Gasteiger partial charge in [-0.3, -0.25) is 4.79 Å². The lowest BCUT2D eigenvalue weighted by Crippen LogP contribution is -1.90. The minimum atomic E-state index is -0.174. The molecule has 2 aromatic rings. The Morgan fingerprint density at radius 2 is 1.94 bits per heavy atom. The van der Waals surface area contributed by atoms with Crippen LogP contribution in [-0.4, -0.2) is 5.78 Å². The zero-order valence-corrected chi connectivity index (χ0v) is 9.88. The second-order valence-electron chi connectivity index (χ2n) is 3.84. The van der Waals surface area contributed by atoms with Gasteiger partial charge in [-0.2, -0.15) is 5.26 Å². The Kier molecular flexibility index (Phi) is 3.40. The third-order valence-electron chi connectivity index (χ3n) is 2.45. The molecule has 0 unspecified atom stereocenters. The van der Waals surface area contributed by atoms with Crippen LogP contribution in [0.3, 0.4) is 0 Å². The number of rotatable bonds is 3. The average Bonchev–Trinajstić information content (AvgIpc) is 2.83. The second-order valence-corrected chi connectivity index (χ2v) is 3.84. The molecule has 0 N–H and O–H groups in total. The number of ketones is 1. The maximum atomic E-state index is 11.7. The van der Waals surface area contributed by atoms with Gasteiger partial charge < -0.3 is 4.42 Å². The van der Waals surface area contributed by atoms with Crippen molar-refractivity contribution < 1.29 is 9.21 Å². The van der Waals surface area contributed by atoms with Crippen molar-refractivity contribution in [2.24, 2.45) is 0 Å². The van der Waals surface area contributed by atoms with Gasteiger partial charge in [-0.1, -0.05) is 18.2 Å². The van der Waals surface area contributed by atoms with Crippen LogP contribution in [0.4, 0.5) is 0 Å². The van der Waals surface area contributed by atoms with Gasteiger partial charge in [0.15, 0.2) is 5.76 Å². The second kappa shape index (κ2) is 5.15. The molecule has 2 rings (SSSR count). The van der Waals surface area contributed by atoms with Crippen molar-refractivity contribution in [3.05, 3.63) is 65.1 Å². The number of nitriles is 1. The van der Waals surface area contributed by atoms with Gasteiger partial charge in [-0.15, -0.1) is 0 Å². The number of allylic oxidation sites excluding steroid dienone is 1. The number of aryl methyl sites for hydroxylation is 1. The van der Waals surface area contributed by atoms with E-state index in [-0.39, 0.29) is 5.78 Å². The molecule has 0 bridgehead atoms. The largest absolute Gasteiger partial charge is 0.458 e. The molecule has 0 radical (unpaired) electrons. The molecule has 18 heavy (non-hydrogen) atoms. The highest BCUT2D eigenvalue weighted by molar-refractivity contribution is 6.04. The Hall–Kier alpha value is -2.60. The van der Waals surface area contributed by atoms with Gasteiger partial charge in [-0.25, -0.2) is 0 Å². The first-order valence-electron chi connectivity index (χ1n) is 5.48. The predicted octanol–water partition coefficient (Wildman–Crippen LogP) is 3.36. The van der Waals surface area contributed by atoms with Crippen molar-refractivity contribution in [2.75, 3.05) is 0 Å². The zero-order valence-electron chi connectivity index (χ0n) is 9.88. The maximum Gasteiger partial charge on any atom is 0.221 e. The summed E-state index contributed by atoms with van der Waals surface area (Å²) in [7, 11) is 0. The third kappa shape index (κ3) is 2.74. The van der Waals surface area contributed by atoms with Gasteiger partial charge >= 0.3 is 0 Å². The lowest BCUT2D eigenvalue weighted by atomic mass is 10.1. The molecule has 0 aliphatic heterocycles. The quantitative estimate of drug-likeness (QED) is 0.607. The summed E-state index contributed by atoms with van der Waals surface area (Å²) in [5, 5.41) is 8.66. The van der Waals surface area contributed by atoms with E-state index in [0.717, 1.165) is 5.56 Å². The summed E-state index contributed by atoms with van der Waals surface area (Å²) < 4.78 is 5.23. The standard InChI is InChI=1S/C15H11NO2/c1-11-2-9-15(18-11)14(17)8-7-12-3-5-13(10-16)6-4-12/h2-9H,1H3/b8-7+. The van der Waals surface area contributed by atoms with Crippen LogP contribution in [0.25, 0.3) is 6.08 Å². The number of hydrogen-bond donors (Lipinski definition) is 0. The molecule has 3 heteroatoms. The number of carbonyl (C=O) groups excluding carboxylic acids is 1. The molecule has 0 spiro atoms. The van der Waals surface area contributed by atoms with Crippen LogP contribution in [0.1, 0.15) is 27.4 Å². The van der Waals surface area contributed by atoms with Gasteiger partial charge in [-0.05, 0) is 42.8 Å². The van der Waals surface area contributed by atoms with Crippen LogP contribution in [0, 0.1) is 18.3 Å². The smallest absolute Gasteiger partial charge is 0.221 e. The number of furan rings is 1. The highest BCUT2D eigenvalue weighted by Crippen LogP contribution is 2.10. The van der Waals surface area contributed by atoms with Gasteiger partial charge in [0.25, 0.3) is 0 Å². The molecule has 0 aliphatic rings. The van der Waals surface area contributed by atoms with E-state index in [1.807, 2.05) is 6.07 Å². The molecule has 88 valence electrons. The molecule has 0 aliphatic carbocycles. The van der Waals surface area contributed by atoms with Crippen molar-refractivity contribution in [1.29, 1.82) is 5.26 Å². The highest BCUT2D eigenvalue weighted by atomic mass is 16.3. The summed E-state index contributed by atoms with van der Waals surface area (Å²) in [5.74, 6) is 0.870. The van der Waals surface area contributed by atoms with E-state index in [1.165, 1.54) is 6.08 Å². The zero-order chi connectivity index (χ0) is 13.0. The van der Waals surface area contributed by atoms with Crippen molar-refractivity contribution in [3.8, 4) is 6.07 Å². The monoisotopic (exact) mass is 237 g/mol. The third-order valence-corrected chi connectivity index (χ3v) is 2.45. The van der Waals surface area contributed by atoms with Gasteiger partial charge in [0.1, 0.15) is 5.76 Å². The van der Waals surface area contributed by atoms with Crippen molar-refractivity contribution in [1.82, 2.24) is 0 Å². The summed E-state index contributed by atoms with van der Waals surface area (Å²) in [6.45, 7) is 1.79. The highest BCUT2D eigenvalue weighted by Gasteiger charge is 2.05. The molecule has 0 saturated heterocycles. The van der Waals surface area contributed by atoms with Gasteiger partial charge in [0.2, 0.25) is 5.78 Å². The van der Waals surface area contributed by atoms with Crippen LogP contribution >= 0.6 is 0 Å². The fourth-order valence-electron chi connectivity index (χ4n) is 1.49. The Balaban J connectivity index is 2.11. The number of hydrogen-bond acceptors (Lipinski definition) is 3. The Bertz CT molecular complexity index is 627. The fourth-order valence-corrected chi connectivity index (χ4v) is 1.49. The molecule has 1 aromatic heterocycles. The SMILES string of the molecule is Cc1ccc(C(=O)/C=C/c2ccc(C#N)cc2)o1. The first-order valence-corrected chi connectivity index (χ1v) is 5.48. The normalized spacial score (nSPS) is 10.4. The minimum Gasteiger partial charge on any atom is -0.458 e. The minimum absolute atomic E-state index is 0.174. The molecule has 1 heterocycles. The van der Waals surface area contributed by atoms with Crippen molar-refractivity contribution in [2.45, 2.75) is 6.92 Å². The first kappa shape index (κ1) is 11.9. The van der Waals surface area contributed by atoms with E-state index >= 15 is 0 Å². The van der Waals surface area contributed by atoms with Crippen LogP contribution in [0.15, 0.2) is 46.9 Å². The molecule has 0 amide bonds. The lowest BCUT2D eigenvalue weighted by Gasteiger charge is -1.93. The van der Waals surface area contributed by atoms with E-state index < -0.39 is 0 Å². The van der Waals surface area contributed by atoms with E-state index in [0.29, 0.717) is 17.1 Å².